The molecule has 0 saturated carbocycles. The topological polar surface area (TPSA) is 38.3 Å². The van der Waals surface area contributed by atoms with Crippen molar-refractivity contribution in [2.45, 2.75) is 19.8 Å². The van der Waals surface area contributed by atoms with Crippen LogP contribution in [0.15, 0.2) is 18.2 Å². The third kappa shape index (κ3) is 1.77. The standard InChI is InChI=1S/C13H17NO2/c1-8(2)12-7-14-13(15)11-6-9(16-3)4-5-10(11)12/h4-6,8,12H,7H2,1-3H3,(H,14,15). The lowest BCUT2D eigenvalue weighted by Gasteiger charge is -2.28. The first kappa shape index (κ1) is 11.0. The molecule has 1 aliphatic heterocycles. The summed E-state index contributed by atoms with van der Waals surface area (Å²) in [5, 5.41) is 2.93. The average Bonchev–Trinajstić information content (AvgIpc) is 2.29. The van der Waals surface area contributed by atoms with Crippen molar-refractivity contribution in [1.82, 2.24) is 5.32 Å². The van der Waals surface area contributed by atoms with Crippen molar-refractivity contribution in [3.05, 3.63) is 29.3 Å². The van der Waals surface area contributed by atoms with Crippen molar-refractivity contribution in [2.24, 2.45) is 5.92 Å². The van der Waals surface area contributed by atoms with Gasteiger partial charge in [0.2, 0.25) is 0 Å². The fourth-order valence-electron chi connectivity index (χ4n) is 2.18. The van der Waals surface area contributed by atoms with Gasteiger partial charge in [0.25, 0.3) is 5.91 Å². The highest BCUT2D eigenvalue weighted by atomic mass is 16.5. The number of fused-ring (bicyclic) bond motifs is 1. The van der Waals surface area contributed by atoms with Crippen LogP contribution < -0.4 is 10.1 Å². The van der Waals surface area contributed by atoms with Crippen molar-refractivity contribution in [1.29, 1.82) is 0 Å². The summed E-state index contributed by atoms with van der Waals surface area (Å²) >= 11 is 0. The van der Waals surface area contributed by atoms with Crippen molar-refractivity contribution in [2.75, 3.05) is 13.7 Å². The Bertz CT molecular complexity index is 412. The van der Waals surface area contributed by atoms with Gasteiger partial charge in [-0.15, -0.1) is 0 Å². The van der Waals surface area contributed by atoms with Gasteiger partial charge in [-0.05, 0) is 23.6 Å². The Hall–Kier alpha value is -1.51. The predicted octanol–water partition coefficient (Wildman–Crippen LogP) is 2.18. The minimum Gasteiger partial charge on any atom is -0.497 e. The maximum Gasteiger partial charge on any atom is 0.251 e. The summed E-state index contributed by atoms with van der Waals surface area (Å²) in [6.45, 7) is 5.09. The van der Waals surface area contributed by atoms with E-state index in [1.165, 1.54) is 0 Å². The van der Waals surface area contributed by atoms with Gasteiger partial charge in [-0.1, -0.05) is 19.9 Å². The molecule has 1 heterocycles. The van der Waals surface area contributed by atoms with Crippen LogP contribution >= 0.6 is 0 Å². The molecular formula is C13H17NO2. The third-order valence-electron chi connectivity index (χ3n) is 3.19. The second-order valence-electron chi connectivity index (χ2n) is 4.51. The molecule has 1 aromatic carbocycles. The molecule has 0 bridgehead atoms. The van der Waals surface area contributed by atoms with E-state index in [2.05, 4.69) is 19.2 Å². The molecule has 0 aromatic heterocycles. The van der Waals surface area contributed by atoms with Crippen molar-refractivity contribution < 1.29 is 9.53 Å². The number of hydrogen-bond donors (Lipinski definition) is 1. The third-order valence-corrected chi connectivity index (χ3v) is 3.19. The smallest absolute Gasteiger partial charge is 0.251 e. The minimum atomic E-state index is 0.00537. The quantitative estimate of drug-likeness (QED) is 0.828. The Morgan fingerprint density at radius 3 is 2.81 bits per heavy atom. The summed E-state index contributed by atoms with van der Waals surface area (Å²) in [4.78, 5) is 11.8. The van der Waals surface area contributed by atoms with Crippen LogP contribution in [0.4, 0.5) is 0 Å². The lowest BCUT2D eigenvalue weighted by Crippen LogP contribution is -2.36. The molecule has 0 saturated heterocycles. The molecular weight excluding hydrogens is 202 g/mol. The first-order chi connectivity index (χ1) is 7.63. The first-order valence-electron chi connectivity index (χ1n) is 5.59. The number of rotatable bonds is 2. The second kappa shape index (κ2) is 4.16. The fourth-order valence-corrected chi connectivity index (χ4v) is 2.18. The Balaban J connectivity index is 2.47. The molecule has 86 valence electrons. The van der Waals surface area contributed by atoms with Gasteiger partial charge in [0, 0.05) is 18.0 Å². The number of nitrogens with one attached hydrogen (secondary N) is 1. The van der Waals surface area contributed by atoms with E-state index in [1.54, 1.807) is 7.11 Å². The summed E-state index contributed by atoms with van der Waals surface area (Å²) in [6, 6.07) is 5.75. The van der Waals surface area contributed by atoms with E-state index in [0.717, 1.165) is 23.4 Å². The molecule has 1 unspecified atom stereocenters. The first-order valence-corrected chi connectivity index (χ1v) is 5.59. The van der Waals surface area contributed by atoms with Gasteiger partial charge in [0.15, 0.2) is 0 Å². The van der Waals surface area contributed by atoms with Gasteiger partial charge >= 0.3 is 0 Å². The number of amides is 1. The molecule has 0 radical (unpaired) electrons. The highest BCUT2D eigenvalue weighted by Gasteiger charge is 2.27. The van der Waals surface area contributed by atoms with E-state index < -0.39 is 0 Å². The lowest BCUT2D eigenvalue weighted by atomic mass is 9.83. The van der Waals surface area contributed by atoms with E-state index >= 15 is 0 Å². The lowest BCUT2D eigenvalue weighted by molar-refractivity contribution is 0.0936. The maximum absolute atomic E-state index is 11.8. The monoisotopic (exact) mass is 219 g/mol. The summed E-state index contributed by atoms with van der Waals surface area (Å²) in [5.41, 5.74) is 1.89. The van der Waals surface area contributed by atoms with E-state index in [9.17, 15) is 4.79 Å². The van der Waals surface area contributed by atoms with E-state index in [-0.39, 0.29) is 5.91 Å². The zero-order chi connectivity index (χ0) is 11.7. The second-order valence-corrected chi connectivity index (χ2v) is 4.51. The normalized spacial score (nSPS) is 19.2. The Morgan fingerprint density at radius 1 is 1.44 bits per heavy atom. The predicted molar refractivity (Wildman–Crippen MR) is 62.9 cm³/mol. The molecule has 1 aromatic rings. The van der Waals surface area contributed by atoms with Crippen LogP contribution in [0.2, 0.25) is 0 Å². The van der Waals surface area contributed by atoms with Gasteiger partial charge < -0.3 is 10.1 Å². The highest BCUT2D eigenvalue weighted by Crippen LogP contribution is 2.31. The molecule has 0 aliphatic carbocycles. The van der Waals surface area contributed by atoms with Crippen molar-refractivity contribution in [3.63, 3.8) is 0 Å². The summed E-state index contributed by atoms with van der Waals surface area (Å²) in [7, 11) is 1.61. The largest absolute Gasteiger partial charge is 0.497 e. The summed E-state index contributed by atoms with van der Waals surface area (Å²) in [5.74, 6) is 1.66. The molecule has 2 rings (SSSR count). The van der Waals surface area contributed by atoms with E-state index in [0.29, 0.717) is 11.8 Å². The molecule has 1 amide bonds. The van der Waals surface area contributed by atoms with E-state index in [4.69, 9.17) is 4.74 Å². The molecule has 16 heavy (non-hydrogen) atoms. The SMILES string of the molecule is COc1ccc2c(c1)C(=O)NCC2C(C)C. The molecule has 3 nitrogen and oxygen atoms in total. The van der Waals surface area contributed by atoms with Crippen molar-refractivity contribution in [3.8, 4) is 5.75 Å². The fraction of sp³-hybridized carbons (Fsp3) is 0.462. The maximum atomic E-state index is 11.8. The molecule has 0 fully saturated rings. The number of benzene rings is 1. The summed E-state index contributed by atoms with van der Waals surface area (Å²) in [6.07, 6.45) is 0. The molecule has 1 atom stereocenters. The molecule has 0 spiro atoms. The van der Waals surface area contributed by atoms with Crippen LogP contribution in [-0.4, -0.2) is 19.6 Å². The number of hydrogen-bond acceptors (Lipinski definition) is 2. The summed E-state index contributed by atoms with van der Waals surface area (Å²) < 4.78 is 5.14. The minimum absolute atomic E-state index is 0.00537. The van der Waals surface area contributed by atoms with Crippen LogP contribution in [0.5, 0.6) is 5.75 Å². The molecule has 1 N–H and O–H groups in total. The van der Waals surface area contributed by atoms with Crippen molar-refractivity contribution >= 4 is 5.91 Å². The Morgan fingerprint density at radius 2 is 2.19 bits per heavy atom. The zero-order valence-electron chi connectivity index (χ0n) is 9.91. The average molecular weight is 219 g/mol. The number of ether oxygens (including phenoxy) is 1. The van der Waals surface area contributed by atoms with Gasteiger partial charge in [-0.2, -0.15) is 0 Å². The number of carbonyl (C=O) groups excluding carboxylic acids is 1. The Kier molecular flexibility index (Phi) is 2.86. The molecule has 3 heteroatoms. The van der Waals surface area contributed by atoms with Crippen LogP contribution in [-0.2, 0) is 0 Å². The van der Waals surface area contributed by atoms with Gasteiger partial charge in [0.05, 0.1) is 7.11 Å². The van der Waals surface area contributed by atoms with Crippen LogP contribution in [0, 0.1) is 5.92 Å². The number of methoxy groups -OCH3 is 1. The van der Waals surface area contributed by atoms with Crippen LogP contribution in [0.1, 0.15) is 35.7 Å². The van der Waals surface area contributed by atoms with Crippen LogP contribution in [0.25, 0.3) is 0 Å². The highest BCUT2D eigenvalue weighted by molar-refractivity contribution is 5.97. The van der Waals surface area contributed by atoms with E-state index in [1.807, 2.05) is 18.2 Å². The van der Waals surface area contributed by atoms with Gasteiger partial charge in [-0.25, -0.2) is 0 Å². The van der Waals surface area contributed by atoms with Crippen LogP contribution in [0.3, 0.4) is 0 Å². The molecule has 1 aliphatic rings. The van der Waals surface area contributed by atoms with Gasteiger partial charge in [0.1, 0.15) is 5.75 Å². The van der Waals surface area contributed by atoms with Gasteiger partial charge in [-0.3, -0.25) is 4.79 Å². The number of carbonyl (C=O) groups is 1. The zero-order valence-corrected chi connectivity index (χ0v) is 9.91. The Labute approximate surface area is 95.8 Å².